The van der Waals surface area contributed by atoms with Crippen LogP contribution in [-0.2, 0) is 6.54 Å². The van der Waals surface area contributed by atoms with Crippen LogP contribution in [0.4, 0.5) is 0 Å². The zero-order valence-electron chi connectivity index (χ0n) is 13.8. The van der Waals surface area contributed by atoms with E-state index in [1.165, 1.54) is 57.4 Å². The fourth-order valence-electron chi connectivity index (χ4n) is 4.29. The highest BCUT2D eigenvalue weighted by Crippen LogP contribution is 2.35. The molecular formula is C19H27N3O. The molecule has 3 saturated heterocycles. The van der Waals surface area contributed by atoms with Gasteiger partial charge in [-0.3, -0.25) is 14.6 Å². The van der Waals surface area contributed by atoms with Crippen molar-refractivity contribution in [2.24, 2.45) is 17.6 Å². The molecule has 5 rings (SSSR count). The van der Waals surface area contributed by atoms with Crippen molar-refractivity contribution in [3.8, 4) is 0 Å². The van der Waals surface area contributed by atoms with Crippen molar-refractivity contribution in [3.05, 3.63) is 35.4 Å². The minimum atomic E-state index is -0.347. The summed E-state index contributed by atoms with van der Waals surface area (Å²) >= 11 is 0. The lowest BCUT2D eigenvalue weighted by molar-refractivity contribution is 0.100. The number of benzene rings is 1. The molecule has 4 aliphatic rings. The number of amides is 1. The number of primary amides is 1. The first kappa shape index (κ1) is 15.2. The summed E-state index contributed by atoms with van der Waals surface area (Å²) in [5.41, 5.74) is 7.20. The van der Waals surface area contributed by atoms with E-state index in [-0.39, 0.29) is 5.91 Å². The predicted molar refractivity (Wildman–Crippen MR) is 91.0 cm³/mol. The van der Waals surface area contributed by atoms with Crippen molar-refractivity contribution in [1.82, 2.24) is 9.80 Å². The third-order valence-corrected chi connectivity index (χ3v) is 5.74. The van der Waals surface area contributed by atoms with E-state index in [0.29, 0.717) is 5.56 Å². The number of hydrogen-bond donors (Lipinski definition) is 1. The van der Waals surface area contributed by atoms with Gasteiger partial charge in [0.05, 0.1) is 0 Å². The molecule has 1 aromatic carbocycles. The molecule has 2 N–H and O–H groups in total. The maximum atomic E-state index is 11.2. The van der Waals surface area contributed by atoms with Gasteiger partial charge in [-0.25, -0.2) is 0 Å². The maximum Gasteiger partial charge on any atom is 0.248 e. The quantitative estimate of drug-likeness (QED) is 0.905. The van der Waals surface area contributed by atoms with Crippen LogP contribution in [0.1, 0.15) is 41.6 Å². The van der Waals surface area contributed by atoms with Gasteiger partial charge in [0.15, 0.2) is 0 Å². The van der Waals surface area contributed by atoms with Crippen LogP contribution in [0.3, 0.4) is 0 Å². The molecule has 1 saturated carbocycles. The molecule has 3 aliphatic heterocycles. The van der Waals surface area contributed by atoms with E-state index in [0.717, 1.165) is 24.4 Å². The van der Waals surface area contributed by atoms with Gasteiger partial charge in [-0.1, -0.05) is 12.1 Å². The Bertz CT molecular complexity index is 566. The highest BCUT2D eigenvalue weighted by Gasteiger charge is 2.37. The first-order valence-corrected chi connectivity index (χ1v) is 9.02. The van der Waals surface area contributed by atoms with Gasteiger partial charge in [0.2, 0.25) is 5.91 Å². The molecule has 1 aromatic rings. The fraction of sp³-hybridized carbons (Fsp3) is 0.632. The van der Waals surface area contributed by atoms with Gasteiger partial charge in [0, 0.05) is 44.3 Å². The minimum Gasteiger partial charge on any atom is -0.366 e. The SMILES string of the molecule is NC(=O)c1ccc(CN2C[C@@H]3CC[C@H](C2)N(CC2CC2)C3)cc1. The zero-order chi connectivity index (χ0) is 15.8. The monoisotopic (exact) mass is 313 g/mol. The molecule has 0 spiro atoms. The summed E-state index contributed by atoms with van der Waals surface area (Å²) in [6.45, 7) is 6.04. The van der Waals surface area contributed by atoms with E-state index in [1.807, 2.05) is 12.1 Å². The summed E-state index contributed by atoms with van der Waals surface area (Å²) in [6.07, 6.45) is 5.66. The number of hydrogen-bond acceptors (Lipinski definition) is 3. The molecule has 1 aliphatic carbocycles. The molecule has 4 fully saturated rings. The van der Waals surface area contributed by atoms with Gasteiger partial charge in [0.1, 0.15) is 0 Å². The number of nitrogens with two attached hydrogens (primary N) is 1. The summed E-state index contributed by atoms with van der Waals surface area (Å²) in [4.78, 5) is 16.6. The molecule has 0 aromatic heterocycles. The van der Waals surface area contributed by atoms with Gasteiger partial charge in [-0.15, -0.1) is 0 Å². The average molecular weight is 313 g/mol. The average Bonchev–Trinajstić information content (AvgIpc) is 3.36. The van der Waals surface area contributed by atoms with Gasteiger partial charge in [-0.2, -0.15) is 0 Å². The molecular weight excluding hydrogens is 286 g/mol. The largest absolute Gasteiger partial charge is 0.366 e. The second-order valence-electron chi connectivity index (χ2n) is 7.75. The van der Waals surface area contributed by atoms with Crippen LogP contribution in [0, 0.1) is 11.8 Å². The number of fused-ring (bicyclic) bond motifs is 4. The molecule has 23 heavy (non-hydrogen) atoms. The Labute approximate surface area is 138 Å². The van der Waals surface area contributed by atoms with E-state index < -0.39 is 0 Å². The molecule has 3 heterocycles. The summed E-state index contributed by atoms with van der Waals surface area (Å²) in [5, 5.41) is 0. The standard InChI is InChI=1S/C19H27N3O/c20-19(23)17-6-3-14(4-7-17)9-21-10-16-5-8-18(13-21)22(12-16)11-15-1-2-15/h3-4,6-7,15-16,18H,1-2,5,8-13H2,(H2,20,23)/t16-,18+/m0/s1. The molecule has 2 bridgehead atoms. The minimum absolute atomic E-state index is 0.347. The Morgan fingerprint density at radius 3 is 2.52 bits per heavy atom. The molecule has 0 unspecified atom stereocenters. The molecule has 4 nitrogen and oxygen atoms in total. The fourth-order valence-corrected chi connectivity index (χ4v) is 4.29. The van der Waals surface area contributed by atoms with E-state index in [4.69, 9.17) is 5.73 Å². The van der Waals surface area contributed by atoms with Crippen LogP contribution in [0.2, 0.25) is 0 Å². The van der Waals surface area contributed by atoms with Crippen LogP contribution in [0.25, 0.3) is 0 Å². The lowest BCUT2D eigenvalue weighted by atomic mass is 9.95. The van der Waals surface area contributed by atoms with Crippen molar-refractivity contribution in [2.45, 2.75) is 38.3 Å². The Morgan fingerprint density at radius 2 is 1.83 bits per heavy atom. The summed E-state index contributed by atoms with van der Waals surface area (Å²) < 4.78 is 0. The second kappa shape index (κ2) is 6.25. The normalized spacial score (nSPS) is 28.7. The van der Waals surface area contributed by atoms with Crippen LogP contribution < -0.4 is 5.73 Å². The molecule has 124 valence electrons. The lowest BCUT2D eigenvalue weighted by Crippen LogP contribution is -2.44. The summed E-state index contributed by atoms with van der Waals surface area (Å²) in [6, 6.07) is 8.55. The lowest BCUT2D eigenvalue weighted by Gasteiger charge is -2.36. The van der Waals surface area contributed by atoms with Crippen molar-refractivity contribution >= 4 is 5.91 Å². The van der Waals surface area contributed by atoms with Gasteiger partial charge < -0.3 is 5.73 Å². The molecule has 4 heteroatoms. The first-order chi connectivity index (χ1) is 11.2. The summed E-state index contributed by atoms with van der Waals surface area (Å²) in [5.74, 6) is 1.47. The van der Waals surface area contributed by atoms with E-state index in [1.54, 1.807) is 0 Å². The highest BCUT2D eigenvalue weighted by atomic mass is 16.1. The third-order valence-electron chi connectivity index (χ3n) is 5.74. The van der Waals surface area contributed by atoms with Crippen LogP contribution in [0.5, 0.6) is 0 Å². The van der Waals surface area contributed by atoms with Crippen molar-refractivity contribution in [3.63, 3.8) is 0 Å². The van der Waals surface area contributed by atoms with Gasteiger partial charge >= 0.3 is 0 Å². The highest BCUT2D eigenvalue weighted by molar-refractivity contribution is 5.92. The van der Waals surface area contributed by atoms with E-state index in [9.17, 15) is 4.79 Å². The zero-order valence-corrected chi connectivity index (χ0v) is 13.8. The third kappa shape index (κ3) is 3.59. The Kier molecular flexibility index (Phi) is 4.12. The number of rotatable bonds is 5. The van der Waals surface area contributed by atoms with Crippen LogP contribution >= 0.6 is 0 Å². The smallest absolute Gasteiger partial charge is 0.248 e. The van der Waals surface area contributed by atoms with Crippen molar-refractivity contribution in [1.29, 1.82) is 0 Å². The second-order valence-corrected chi connectivity index (χ2v) is 7.75. The number of nitrogens with zero attached hydrogens (tertiary/aromatic N) is 2. The van der Waals surface area contributed by atoms with Gasteiger partial charge in [-0.05, 0) is 55.2 Å². The maximum absolute atomic E-state index is 11.2. The summed E-state index contributed by atoms with van der Waals surface area (Å²) in [7, 11) is 0. The van der Waals surface area contributed by atoms with E-state index >= 15 is 0 Å². The molecule has 0 radical (unpaired) electrons. The first-order valence-electron chi connectivity index (χ1n) is 9.02. The Morgan fingerprint density at radius 1 is 1.04 bits per heavy atom. The van der Waals surface area contributed by atoms with Crippen LogP contribution in [-0.4, -0.2) is 47.9 Å². The molecule has 1 amide bonds. The van der Waals surface area contributed by atoms with Crippen molar-refractivity contribution in [2.75, 3.05) is 26.2 Å². The van der Waals surface area contributed by atoms with Crippen LogP contribution in [0.15, 0.2) is 24.3 Å². The predicted octanol–water partition coefficient (Wildman–Crippen LogP) is 2.09. The van der Waals surface area contributed by atoms with Crippen molar-refractivity contribution < 1.29 is 4.79 Å². The number of carbonyl (C=O) groups is 1. The number of piperidine rings is 1. The number of carbonyl (C=O) groups excluding carboxylic acids is 1. The van der Waals surface area contributed by atoms with Gasteiger partial charge in [0.25, 0.3) is 0 Å². The molecule has 2 atom stereocenters. The topological polar surface area (TPSA) is 49.6 Å². The Hall–Kier alpha value is -1.39. The Balaban J connectivity index is 1.40. The van der Waals surface area contributed by atoms with E-state index in [2.05, 4.69) is 21.9 Å².